The number of nitrogens with two attached hydrogens (primary N) is 3. The summed E-state index contributed by atoms with van der Waals surface area (Å²) in [5.74, 6) is -0.919. The van der Waals surface area contributed by atoms with Crippen molar-refractivity contribution in [3.63, 3.8) is 0 Å². The molecule has 0 spiro atoms. The van der Waals surface area contributed by atoms with E-state index < -0.39 is 18.0 Å². The molecule has 0 aliphatic carbocycles. The maximum Gasteiger partial charge on any atom is 0.320 e. The normalized spacial score (nSPS) is 10.2. The second-order valence-corrected chi connectivity index (χ2v) is 8.49. The van der Waals surface area contributed by atoms with Crippen molar-refractivity contribution in [1.29, 1.82) is 0 Å². The van der Waals surface area contributed by atoms with Gasteiger partial charge in [-0.25, -0.2) is 0 Å². The van der Waals surface area contributed by atoms with Gasteiger partial charge >= 0.3 is 11.9 Å². The molecule has 1 unspecified atom stereocenters. The third-order valence-electron chi connectivity index (χ3n) is 5.00. The van der Waals surface area contributed by atoms with E-state index in [1.54, 1.807) is 36.4 Å². The van der Waals surface area contributed by atoms with Gasteiger partial charge in [-0.3, -0.25) is 14.4 Å². The van der Waals surface area contributed by atoms with Gasteiger partial charge in [0.05, 0.1) is 13.0 Å². The molecule has 0 saturated heterocycles. The van der Waals surface area contributed by atoms with Crippen molar-refractivity contribution < 1.29 is 29.3 Å². The maximum atomic E-state index is 10.3. The maximum absolute atomic E-state index is 10.3. The fraction of sp³-hybridized carbons (Fsp3) is 0.323. The summed E-state index contributed by atoms with van der Waals surface area (Å²) < 4.78 is 5.34. The molecular weight excluding hydrogens is 510 g/mol. The molecular formula is C31H43N3O6. The van der Waals surface area contributed by atoms with Crippen molar-refractivity contribution in [1.82, 2.24) is 0 Å². The van der Waals surface area contributed by atoms with Crippen LogP contribution in [0.5, 0.6) is 5.75 Å². The number of hydrogen-bond acceptors (Lipinski definition) is 7. The van der Waals surface area contributed by atoms with Gasteiger partial charge in [0.15, 0.2) is 0 Å². The first-order valence-electron chi connectivity index (χ1n) is 13.1. The minimum Gasteiger partial charge on any atom is -0.494 e. The molecule has 0 aromatic heterocycles. The van der Waals surface area contributed by atoms with Crippen molar-refractivity contribution in [2.45, 2.75) is 45.1 Å². The second kappa shape index (κ2) is 24.0. The lowest BCUT2D eigenvalue weighted by Crippen LogP contribution is -2.30. The number of hydrogen-bond donors (Lipinski definition) is 5. The van der Waals surface area contributed by atoms with Crippen molar-refractivity contribution in [3.05, 3.63) is 102 Å². The number of carbonyl (C=O) groups excluding carboxylic acids is 1. The van der Waals surface area contributed by atoms with E-state index in [1.165, 1.54) is 5.56 Å². The van der Waals surface area contributed by atoms with E-state index >= 15 is 0 Å². The van der Waals surface area contributed by atoms with Gasteiger partial charge in [-0.15, -0.1) is 0 Å². The number of carboxylic acid groups (broad SMARTS) is 2. The van der Waals surface area contributed by atoms with E-state index in [4.69, 9.17) is 32.2 Å². The highest BCUT2D eigenvalue weighted by molar-refractivity contribution is 5.74. The van der Waals surface area contributed by atoms with E-state index in [9.17, 15) is 14.4 Å². The number of rotatable bonds is 12. The number of aldehydes is 1. The molecule has 0 bridgehead atoms. The SMILES string of the molecule is CCCOc1ccc(C=O)cc1.NCCCC(N)C(=O)O.NCCc1ccccc1.O=C(O)Cc1ccccc1. The van der Waals surface area contributed by atoms with Crippen LogP contribution >= 0.6 is 0 Å². The summed E-state index contributed by atoms with van der Waals surface area (Å²) in [6, 6.07) is 25.8. The van der Waals surface area contributed by atoms with Gasteiger partial charge in [0.1, 0.15) is 18.1 Å². The zero-order valence-electron chi connectivity index (χ0n) is 23.2. The Labute approximate surface area is 237 Å². The number of benzene rings is 3. The van der Waals surface area contributed by atoms with Gasteiger partial charge in [-0.2, -0.15) is 0 Å². The first kappa shape index (κ1) is 35.9. The van der Waals surface area contributed by atoms with E-state index in [-0.39, 0.29) is 6.42 Å². The van der Waals surface area contributed by atoms with Crippen LogP contribution in [0.4, 0.5) is 0 Å². The average Bonchev–Trinajstić information content (AvgIpc) is 2.97. The highest BCUT2D eigenvalue weighted by Gasteiger charge is 2.08. The predicted molar refractivity (Wildman–Crippen MR) is 158 cm³/mol. The first-order chi connectivity index (χ1) is 19.3. The summed E-state index contributed by atoms with van der Waals surface area (Å²) in [5.41, 5.74) is 18.5. The number of carbonyl (C=O) groups is 3. The highest BCUT2D eigenvalue weighted by atomic mass is 16.5. The average molecular weight is 554 g/mol. The molecule has 0 amide bonds. The van der Waals surface area contributed by atoms with E-state index in [2.05, 4.69) is 19.1 Å². The molecule has 0 heterocycles. The van der Waals surface area contributed by atoms with Crippen LogP contribution in [0.25, 0.3) is 0 Å². The minimum absolute atomic E-state index is 0.112. The van der Waals surface area contributed by atoms with Gasteiger partial charge in [0.25, 0.3) is 0 Å². The summed E-state index contributed by atoms with van der Waals surface area (Å²) in [7, 11) is 0. The summed E-state index contributed by atoms with van der Waals surface area (Å²) in [6.45, 7) is 4.02. The topological polar surface area (TPSA) is 179 Å². The first-order valence-corrected chi connectivity index (χ1v) is 13.1. The Morgan fingerprint density at radius 2 is 1.40 bits per heavy atom. The van der Waals surface area contributed by atoms with Crippen molar-refractivity contribution in [2.24, 2.45) is 17.2 Å². The van der Waals surface area contributed by atoms with Crippen molar-refractivity contribution in [3.8, 4) is 5.75 Å². The quantitative estimate of drug-likeness (QED) is 0.208. The van der Waals surface area contributed by atoms with E-state index in [0.29, 0.717) is 24.9 Å². The molecule has 9 nitrogen and oxygen atoms in total. The molecule has 8 N–H and O–H groups in total. The van der Waals surface area contributed by atoms with Crippen LogP contribution in [0.15, 0.2) is 84.9 Å². The summed E-state index contributed by atoms with van der Waals surface area (Å²) in [5, 5.41) is 16.6. The Kier molecular flexibility index (Phi) is 21.6. The lowest BCUT2D eigenvalue weighted by Gasteiger charge is -2.02. The number of carboxylic acids is 2. The van der Waals surface area contributed by atoms with Gasteiger partial charge in [0.2, 0.25) is 0 Å². The third-order valence-corrected chi connectivity index (χ3v) is 5.00. The number of aliphatic carboxylic acids is 2. The lowest BCUT2D eigenvalue weighted by atomic mass is 10.2. The third kappa shape index (κ3) is 20.0. The molecule has 0 aliphatic heterocycles. The molecule has 40 heavy (non-hydrogen) atoms. The van der Waals surface area contributed by atoms with Crippen LogP contribution in [0.2, 0.25) is 0 Å². The highest BCUT2D eigenvalue weighted by Crippen LogP contribution is 2.10. The molecule has 1 atom stereocenters. The predicted octanol–water partition coefficient (Wildman–Crippen LogP) is 3.93. The molecule has 3 aromatic rings. The molecule has 3 aromatic carbocycles. The Balaban J connectivity index is 0.000000511. The molecule has 0 fully saturated rings. The molecule has 0 saturated carbocycles. The molecule has 0 aliphatic rings. The smallest absolute Gasteiger partial charge is 0.320 e. The summed E-state index contributed by atoms with van der Waals surface area (Å²) >= 11 is 0. The Hall–Kier alpha value is -4.05. The monoisotopic (exact) mass is 553 g/mol. The molecule has 218 valence electrons. The summed E-state index contributed by atoms with van der Waals surface area (Å²) in [4.78, 5) is 30.5. The lowest BCUT2D eigenvalue weighted by molar-refractivity contribution is -0.139. The van der Waals surface area contributed by atoms with Crippen LogP contribution in [-0.4, -0.2) is 54.2 Å². The van der Waals surface area contributed by atoms with Crippen molar-refractivity contribution >= 4 is 18.2 Å². The van der Waals surface area contributed by atoms with Gasteiger partial charge in [-0.1, -0.05) is 67.6 Å². The van der Waals surface area contributed by atoms with Crippen molar-refractivity contribution in [2.75, 3.05) is 19.7 Å². The zero-order chi connectivity index (χ0) is 30.0. The summed E-state index contributed by atoms with van der Waals surface area (Å²) in [6.07, 6.45) is 4.06. The molecule has 3 rings (SSSR count). The Morgan fingerprint density at radius 1 is 0.850 bits per heavy atom. The van der Waals surface area contributed by atoms with Crippen LogP contribution in [-0.2, 0) is 22.4 Å². The van der Waals surface area contributed by atoms with E-state index in [1.807, 2.05) is 36.4 Å². The second-order valence-electron chi connectivity index (χ2n) is 8.49. The molecule has 0 radical (unpaired) electrons. The largest absolute Gasteiger partial charge is 0.494 e. The van der Waals surface area contributed by atoms with Crippen LogP contribution < -0.4 is 21.9 Å². The van der Waals surface area contributed by atoms with Gasteiger partial charge < -0.3 is 32.2 Å². The van der Waals surface area contributed by atoms with Gasteiger partial charge in [-0.05, 0) is 74.2 Å². The fourth-order valence-corrected chi connectivity index (χ4v) is 2.91. The fourth-order valence-electron chi connectivity index (χ4n) is 2.91. The standard InChI is InChI=1S/C10H12O2.C8H11N.C8H8O2.C5H12N2O2/c1-2-7-12-10-5-3-9(8-11)4-6-10;9-7-6-8-4-2-1-3-5-8;9-8(10)6-7-4-2-1-3-5-7;6-3-1-2-4(7)5(8)9/h3-6,8H,2,7H2,1H3;1-5H,6-7,9H2;1-5H,6H2,(H,9,10);4H,1-3,6-7H2,(H,8,9). The molecule has 9 heteroatoms. The Morgan fingerprint density at radius 3 is 1.82 bits per heavy atom. The van der Waals surface area contributed by atoms with E-state index in [0.717, 1.165) is 43.6 Å². The zero-order valence-corrected chi connectivity index (χ0v) is 23.2. The number of ether oxygens (including phenoxy) is 1. The Bertz CT molecular complexity index is 1050. The van der Waals surface area contributed by atoms with Crippen LogP contribution in [0.1, 0.15) is 47.7 Å². The van der Waals surface area contributed by atoms with Gasteiger partial charge in [0, 0.05) is 5.56 Å². The van der Waals surface area contributed by atoms with Crippen LogP contribution in [0, 0.1) is 0 Å². The van der Waals surface area contributed by atoms with Crippen LogP contribution in [0.3, 0.4) is 0 Å². The minimum atomic E-state index is -0.955.